The van der Waals surface area contributed by atoms with E-state index in [9.17, 15) is 0 Å². The molecular formula is C10H12N2S. The van der Waals surface area contributed by atoms with E-state index in [0.717, 1.165) is 5.69 Å². The summed E-state index contributed by atoms with van der Waals surface area (Å²) in [5, 5.41) is 8.50. The molecule has 3 heteroatoms. The molecule has 0 amide bonds. The molecule has 0 atom stereocenters. The first kappa shape index (κ1) is 9.94. The Labute approximate surface area is 83.2 Å². The molecule has 0 bridgehead atoms. The average molecular weight is 192 g/mol. The second kappa shape index (κ2) is 4.78. The summed E-state index contributed by atoms with van der Waals surface area (Å²) in [5.74, 6) is 0. The van der Waals surface area contributed by atoms with Gasteiger partial charge in [-0.1, -0.05) is 0 Å². The standard InChI is InChI=1S/C10H12N2S/c1-12(8-7-11)9-3-5-10(13-2)6-4-9/h3-6H,8H2,1-2H3. The zero-order chi connectivity index (χ0) is 9.68. The molecule has 0 aliphatic carbocycles. The number of nitrogens with zero attached hydrogens (tertiary/aromatic N) is 2. The molecule has 0 N–H and O–H groups in total. The first-order chi connectivity index (χ1) is 6.27. The van der Waals surface area contributed by atoms with Crippen LogP contribution in [0.1, 0.15) is 0 Å². The molecule has 0 saturated heterocycles. The van der Waals surface area contributed by atoms with Crippen molar-refractivity contribution in [3.63, 3.8) is 0 Å². The predicted molar refractivity (Wildman–Crippen MR) is 57.1 cm³/mol. The number of anilines is 1. The van der Waals surface area contributed by atoms with E-state index < -0.39 is 0 Å². The van der Waals surface area contributed by atoms with E-state index in [1.807, 2.05) is 30.3 Å². The molecule has 2 nitrogen and oxygen atoms in total. The molecule has 0 unspecified atom stereocenters. The largest absolute Gasteiger partial charge is 0.361 e. The lowest BCUT2D eigenvalue weighted by molar-refractivity contribution is 1.03. The van der Waals surface area contributed by atoms with Gasteiger partial charge < -0.3 is 4.90 Å². The van der Waals surface area contributed by atoms with Gasteiger partial charge in [-0.05, 0) is 30.5 Å². The summed E-state index contributed by atoms with van der Waals surface area (Å²) in [7, 11) is 1.91. The van der Waals surface area contributed by atoms with Crippen molar-refractivity contribution in [3.8, 4) is 6.07 Å². The molecule has 0 radical (unpaired) electrons. The summed E-state index contributed by atoms with van der Waals surface area (Å²) in [4.78, 5) is 3.17. The van der Waals surface area contributed by atoms with Crippen molar-refractivity contribution < 1.29 is 0 Å². The van der Waals surface area contributed by atoms with Gasteiger partial charge in [0.05, 0.1) is 6.07 Å². The van der Waals surface area contributed by atoms with Gasteiger partial charge in [0.2, 0.25) is 0 Å². The highest BCUT2D eigenvalue weighted by molar-refractivity contribution is 7.98. The Morgan fingerprint density at radius 2 is 2.00 bits per heavy atom. The number of hydrogen-bond acceptors (Lipinski definition) is 3. The van der Waals surface area contributed by atoms with Crippen molar-refractivity contribution in [3.05, 3.63) is 24.3 Å². The third-order valence-corrected chi connectivity index (χ3v) is 2.56. The molecule has 0 aromatic heterocycles. The van der Waals surface area contributed by atoms with Crippen molar-refractivity contribution in [2.24, 2.45) is 0 Å². The molecule has 0 aliphatic rings. The number of thioether (sulfide) groups is 1. The van der Waals surface area contributed by atoms with Gasteiger partial charge in [-0.25, -0.2) is 0 Å². The average Bonchev–Trinajstić information content (AvgIpc) is 2.18. The second-order valence-corrected chi connectivity index (χ2v) is 3.59. The third-order valence-electron chi connectivity index (χ3n) is 1.82. The first-order valence-electron chi connectivity index (χ1n) is 4.00. The fraction of sp³-hybridized carbons (Fsp3) is 0.300. The van der Waals surface area contributed by atoms with Crippen LogP contribution in [0.25, 0.3) is 0 Å². The lowest BCUT2D eigenvalue weighted by Crippen LogP contribution is -2.16. The molecule has 68 valence electrons. The van der Waals surface area contributed by atoms with Gasteiger partial charge >= 0.3 is 0 Å². The zero-order valence-electron chi connectivity index (χ0n) is 7.82. The minimum Gasteiger partial charge on any atom is -0.361 e. The fourth-order valence-electron chi connectivity index (χ4n) is 1.03. The number of benzene rings is 1. The lowest BCUT2D eigenvalue weighted by Gasteiger charge is -2.14. The van der Waals surface area contributed by atoms with Crippen LogP contribution < -0.4 is 4.90 Å². The zero-order valence-corrected chi connectivity index (χ0v) is 8.64. The van der Waals surface area contributed by atoms with Crippen molar-refractivity contribution in [2.75, 3.05) is 24.7 Å². The van der Waals surface area contributed by atoms with Crippen LogP contribution in [-0.2, 0) is 0 Å². The molecule has 0 heterocycles. The molecular weight excluding hydrogens is 180 g/mol. The van der Waals surface area contributed by atoms with Crippen molar-refractivity contribution in [1.82, 2.24) is 0 Å². The molecule has 0 saturated carbocycles. The SMILES string of the molecule is CSc1ccc(N(C)CC#N)cc1. The maximum absolute atomic E-state index is 8.50. The summed E-state index contributed by atoms with van der Waals surface area (Å²) in [5.41, 5.74) is 1.08. The number of rotatable bonds is 3. The van der Waals surface area contributed by atoms with E-state index in [-0.39, 0.29) is 0 Å². The highest BCUT2D eigenvalue weighted by atomic mass is 32.2. The van der Waals surface area contributed by atoms with E-state index in [4.69, 9.17) is 5.26 Å². The van der Waals surface area contributed by atoms with Gasteiger partial charge in [0.25, 0.3) is 0 Å². The lowest BCUT2D eigenvalue weighted by atomic mass is 10.3. The van der Waals surface area contributed by atoms with E-state index in [1.54, 1.807) is 11.8 Å². The number of nitriles is 1. The Hall–Kier alpha value is -1.14. The Balaban J connectivity index is 2.74. The second-order valence-electron chi connectivity index (χ2n) is 2.71. The van der Waals surface area contributed by atoms with Crippen LogP contribution in [0, 0.1) is 11.3 Å². The predicted octanol–water partition coefficient (Wildman–Crippen LogP) is 2.37. The van der Waals surface area contributed by atoms with Gasteiger partial charge in [0, 0.05) is 17.6 Å². The van der Waals surface area contributed by atoms with Crippen LogP contribution in [-0.4, -0.2) is 19.8 Å². The van der Waals surface area contributed by atoms with E-state index in [0.29, 0.717) is 6.54 Å². The van der Waals surface area contributed by atoms with Crippen LogP contribution in [0.2, 0.25) is 0 Å². The summed E-state index contributed by atoms with van der Waals surface area (Å²) < 4.78 is 0. The maximum Gasteiger partial charge on any atom is 0.105 e. The van der Waals surface area contributed by atoms with Crippen LogP contribution in [0.5, 0.6) is 0 Å². The van der Waals surface area contributed by atoms with E-state index >= 15 is 0 Å². The minimum absolute atomic E-state index is 0.429. The highest BCUT2D eigenvalue weighted by Crippen LogP contribution is 2.19. The molecule has 1 rings (SSSR count). The molecule has 0 fully saturated rings. The van der Waals surface area contributed by atoms with Crippen LogP contribution in [0.4, 0.5) is 5.69 Å². The van der Waals surface area contributed by atoms with Crippen molar-refractivity contribution >= 4 is 17.4 Å². The Morgan fingerprint density at radius 1 is 1.38 bits per heavy atom. The summed E-state index contributed by atoms with van der Waals surface area (Å²) in [6, 6.07) is 10.3. The smallest absolute Gasteiger partial charge is 0.105 e. The third kappa shape index (κ3) is 2.67. The van der Waals surface area contributed by atoms with Gasteiger partial charge in [0.15, 0.2) is 0 Å². The van der Waals surface area contributed by atoms with E-state index in [1.165, 1.54) is 4.90 Å². The first-order valence-corrected chi connectivity index (χ1v) is 5.22. The highest BCUT2D eigenvalue weighted by Gasteiger charge is 1.98. The van der Waals surface area contributed by atoms with Crippen LogP contribution in [0.15, 0.2) is 29.2 Å². The Morgan fingerprint density at radius 3 is 2.46 bits per heavy atom. The summed E-state index contributed by atoms with van der Waals surface area (Å²) >= 11 is 1.72. The quantitative estimate of drug-likeness (QED) is 0.543. The maximum atomic E-state index is 8.50. The summed E-state index contributed by atoms with van der Waals surface area (Å²) in [6.07, 6.45) is 2.05. The minimum atomic E-state index is 0.429. The summed E-state index contributed by atoms with van der Waals surface area (Å²) in [6.45, 7) is 0.429. The van der Waals surface area contributed by atoms with Crippen molar-refractivity contribution in [2.45, 2.75) is 4.90 Å². The molecule has 1 aromatic rings. The van der Waals surface area contributed by atoms with E-state index in [2.05, 4.69) is 18.2 Å². The number of hydrogen-bond donors (Lipinski definition) is 0. The molecule has 1 aromatic carbocycles. The van der Waals surface area contributed by atoms with Gasteiger partial charge in [0.1, 0.15) is 6.54 Å². The van der Waals surface area contributed by atoms with Crippen LogP contribution in [0.3, 0.4) is 0 Å². The topological polar surface area (TPSA) is 27.0 Å². The normalized spacial score (nSPS) is 9.31. The molecule has 13 heavy (non-hydrogen) atoms. The monoisotopic (exact) mass is 192 g/mol. The molecule has 0 spiro atoms. The van der Waals surface area contributed by atoms with Gasteiger partial charge in [-0.3, -0.25) is 0 Å². The fourth-order valence-corrected chi connectivity index (χ4v) is 1.44. The Bertz CT molecular complexity index is 300. The van der Waals surface area contributed by atoms with Crippen molar-refractivity contribution in [1.29, 1.82) is 5.26 Å². The van der Waals surface area contributed by atoms with Gasteiger partial charge in [-0.15, -0.1) is 11.8 Å². The molecule has 0 aliphatic heterocycles. The van der Waals surface area contributed by atoms with Crippen LogP contribution >= 0.6 is 11.8 Å². The Kier molecular flexibility index (Phi) is 3.66. The van der Waals surface area contributed by atoms with Gasteiger partial charge in [-0.2, -0.15) is 5.26 Å².